The normalized spacial score (nSPS) is 12.8. The number of nitrogens with zero attached hydrogens (tertiary/aromatic N) is 1. The Kier molecular flexibility index (Phi) is 6.20. The number of nitrogens with one attached hydrogen (secondary N) is 1. The highest BCUT2D eigenvalue weighted by Crippen LogP contribution is 2.22. The smallest absolute Gasteiger partial charge is 0.243 e. The maximum Gasteiger partial charge on any atom is 0.243 e. The van der Waals surface area contributed by atoms with Gasteiger partial charge in [0.25, 0.3) is 0 Å². The molecule has 1 amide bonds. The number of amides is 1. The summed E-state index contributed by atoms with van der Waals surface area (Å²) in [5.41, 5.74) is 1.55. The molecule has 0 saturated carbocycles. The van der Waals surface area contributed by atoms with Gasteiger partial charge in [0, 0.05) is 6.54 Å². The molecule has 0 heterocycles. The molecule has 0 aliphatic carbocycles. The Bertz CT molecular complexity index is 567. The van der Waals surface area contributed by atoms with Crippen molar-refractivity contribution in [3.05, 3.63) is 29.8 Å². The van der Waals surface area contributed by atoms with Crippen LogP contribution >= 0.6 is 0 Å². The van der Waals surface area contributed by atoms with Gasteiger partial charge in [-0.3, -0.25) is 9.10 Å². The fourth-order valence-corrected chi connectivity index (χ4v) is 3.33. The van der Waals surface area contributed by atoms with E-state index < -0.39 is 16.1 Å². The molecule has 0 spiro atoms. The predicted molar refractivity (Wildman–Crippen MR) is 85.9 cm³/mol. The van der Waals surface area contributed by atoms with Crippen LogP contribution in [0.15, 0.2) is 24.3 Å². The monoisotopic (exact) mass is 312 g/mol. The Balaban J connectivity index is 3.17. The van der Waals surface area contributed by atoms with Crippen molar-refractivity contribution in [3.8, 4) is 0 Å². The van der Waals surface area contributed by atoms with Gasteiger partial charge in [0.1, 0.15) is 6.04 Å². The fourth-order valence-electron chi connectivity index (χ4n) is 2.12. The van der Waals surface area contributed by atoms with Crippen LogP contribution in [0.25, 0.3) is 0 Å². The SMILES string of the molecule is CCCNC(=O)C(CC)N(c1ccc(C)cc1)S(C)(=O)=O. The zero-order valence-electron chi connectivity index (χ0n) is 13.1. The lowest BCUT2D eigenvalue weighted by atomic mass is 10.1. The van der Waals surface area contributed by atoms with Crippen LogP contribution in [-0.4, -0.2) is 33.2 Å². The highest BCUT2D eigenvalue weighted by atomic mass is 32.2. The van der Waals surface area contributed by atoms with E-state index in [2.05, 4.69) is 5.32 Å². The number of rotatable bonds is 7. The summed E-state index contributed by atoms with van der Waals surface area (Å²) >= 11 is 0. The second kappa shape index (κ2) is 7.45. The van der Waals surface area contributed by atoms with Crippen molar-refractivity contribution >= 4 is 21.6 Å². The maximum atomic E-state index is 12.2. The van der Waals surface area contributed by atoms with Gasteiger partial charge in [-0.2, -0.15) is 0 Å². The minimum atomic E-state index is -3.54. The van der Waals surface area contributed by atoms with Crippen molar-refractivity contribution in [3.63, 3.8) is 0 Å². The third-order valence-corrected chi connectivity index (χ3v) is 4.35. The number of hydrogen-bond donors (Lipinski definition) is 1. The summed E-state index contributed by atoms with van der Waals surface area (Å²) in [6, 6.07) is 6.40. The molecular formula is C15H24N2O3S. The van der Waals surface area contributed by atoms with Gasteiger partial charge in [-0.15, -0.1) is 0 Å². The van der Waals surface area contributed by atoms with Crippen molar-refractivity contribution in [1.29, 1.82) is 0 Å². The van der Waals surface area contributed by atoms with E-state index in [1.807, 2.05) is 32.9 Å². The quantitative estimate of drug-likeness (QED) is 0.838. The second-order valence-corrected chi connectivity index (χ2v) is 6.97. The molecule has 1 rings (SSSR count). The first-order valence-corrected chi connectivity index (χ1v) is 8.99. The largest absolute Gasteiger partial charge is 0.354 e. The first kappa shape index (κ1) is 17.5. The van der Waals surface area contributed by atoms with Crippen LogP contribution in [0.3, 0.4) is 0 Å². The van der Waals surface area contributed by atoms with Crippen molar-refractivity contribution in [2.75, 3.05) is 17.1 Å². The van der Waals surface area contributed by atoms with Gasteiger partial charge in [0.05, 0.1) is 11.9 Å². The van der Waals surface area contributed by atoms with E-state index in [9.17, 15) is 13.2 Å². The molecule has 0 aliphatic rings. The predicted octanol–water partition coefficient (Wildman–Crippen LogP) is 2.07. The van der Waals surface area contributed by atoms with E-state index in [-0.39, 0.29) is 5.91 Å². The Morgan fingerprint density at radius 2 is 1.81 bits per heavy atom. The maximum absolute atomic E-state index is 12.2. The summed E-state index contributed by atoms with van der Waals surface area (Å²) in [4.78, 5) is 12.2. The molecule has 1 atom stereocenters. The summed E-state index contributed by atoms with van der Waals surface area (Å²) < 4.78 is 25.5. The number of aryl methyl sites for hydroxylation is 1. The lowest BCUT2D eigenvalue weighted by Gasteiger charge is -2.30. The van der Waals surface area contributed by atoms with Crippen LogP contribution in [0, 0.1) is 6.92 Å². The van der Waals surface area contributed by atoms with Gasteiger partial charge in [-0.1, -0.05) is 31.5 Å². The van der Waals surface area contributed by atoms with E-state index in [0.717, 1.165) is 18.2 Å². The molecule has 0 saturated heterocycles. The molecular weight excluding hydrogens is 288 g/mol. The minimum Gasteiger partial charge on any atom is -0.354 e. The van der Waals surface area contributed by atoms with Crippen molar-refractivity contribution in [2.45, 2.75) is 39.7 Å². The molecule has 1 unspecified atom stereocenters. The third kappa shape index (κ3) is 4.74. The molecule has 0 bridgehead atoms. The Morgan fingerprint density at radius 1 is 1.24 bits per heavy atom. The van der Waals surface area contributed by atoms with Crippen molar-refractivity contribution in [2.24, 2.45) is 0 Å². The third-order valence-electron chi connectivity index (χ3n) is 3.17. The van der Waals surface area contributed by atoms with Crippen molar-refractivity contribution < 1.29 is 13.2 Å². The molecule has 0 aliphatic heterocycles. The zero-order valence-corrected chi connectivity index (χ0v) is 13.9. The van der Waals surface area contributed by atoms with Crippen LogP contribution in [0.5, 0.6) is 0 Å². The standard InChI is InChI=1S/C15H24N2O3S/c1-5-11-16-15(18)14(6-2)17(21(4,19)20)13-9-7-12(3)8-10-13/h7-10,14H,5-6,11H2,1-4H3,(H,16,18). The van der Waals surface area contributed by atoms with Crippen LogP contribution in [0.1, 0.15) is 32.3 Å². The lowest BCUT2D eigenvalue weighted by Crippen LogP contribution is -2.49. The van der Waals surface area contributed by atoms with E-state index in [4.69, 9.17) is 0 Å². The van der Waals surface area contributed by atoms with Gasteiger partial charge in [0.15, 0.2) is 0 Å². The molecule has 0 fully saturated rings. The van der Waals surface area contributed by atoms with Gasteiger partial charge < -0.3 is 5.32 Å². The van der Waals surface area contributed by atoms with Crippen molar-refractivity contribution in [1.82, 2.24) is 5.32 Å². The highest BCUT2D eigenvalue weighted by molar-refractivity contribution is 7.92. The first-order valence-electron chi connectivity index (χ1n) is 7.15. The number of sulfonamides is 1. The molecule has 5 nitrogen and oxygen atoms in total. The summed E-state index contributed by atoms with van der Waals surface area (Å²) in [5.74, 6) is -0.259. The number of carbonyl (C=O) groups excluding carboxylic acids is 1. The average molecular weight is 312 g/mol. The summed E-state index contributed by atoms with van der Waals surface area (Å²) in [6.07, 6.45) is 2.35. The Labute approximate surface area is 127 Å². The summed E-state index contributed by atoms with van der Waals surface area (Å²) in [6.45, 7) is 6.23. The molecule has 1 N–H and O–H groups in total. The number of carbonyl (C=O) groups is 1. The van der Waals surface area contributed by atoms with Gasteiger partial charge >= 0.3 is 0 Å². The molecule has 1 aromatic carbocycles. The zero-order chi connectivity index (χ0) is 16.0. The van der Waals surface area contributed by atoms with Gasteiger partial charge in [-0.05, 0) is 31.9 Å². The molecule has 0 radical (unpaired) electrons. The van der Waals surface area contributed by atoms with Crippen LogP contribution in [0.2, 0.25) is 0 Å². The first-order chi connectivity index (χ1) is 9.81. The Hall–Kier alpha value is -1.56. The molecule has 118 valence electrons. The van der Waals surface area contributed by atoms with Crippen LogP contribution in [0.4, 0.5) is 5.69 Å². The summed E-state index contributed by atoms with van der Waals surface area (Å²) in [7, 11) is -3.54. The average Bonchev–Trinajstić information content (AvgIpc) is 2.42. The molecule has 6 heteroatoms. The van der Waals surface area contributed by atoms with Crippen LogP contribution in [-0.2, 0) is 14.8 Å². The Morgan fingerprint density at radius 3 is 2.24 bits per heavy atom. The molecule has 21 heavy (non-hydrogen) atoms. The van der Waals surface area contributed by atoms with Gasteiger partial charge in [-0.25, -0.2) is 8.42 Å². The number of benzene rings is 1. The van der Waals surface area contributed by atoms with E-state index in [1.54, 1.807) is 12.1 Å². The topological polar surface area (TPSA) is 66.5 Å². The van der Waals surface area contributed by atoms with E-state index >= 15 is 0 Å². The highest BCUT2D eigenvalue weighted by Gasteiger charge is 2.31. The molecule has 0 aromatic heterocycles. The molecule has 1 aromatic rings. The van der Waals surface area contributed by atoms with E-state index in [1.165, 1.54) is 4.31 Å². The van der Waals surface area contributed by atoms with Gasteiger partial charge in [0.2, 0.25) is 15.9 Å². The minimum absolute atomic E-state index is 0.259. The van der Waals surface area contributed by atoms with E-state index in [0.29, 0.717) is 18.7 Å². The number of hydrogen-bond acceptors (Lipinski definition) is 3. The summed E-state index contributed by atoms with van der Waals surface area (Å²) in [5, 5.41) is 2.77. The lowest BCUT2D eigenvalue weighted by molar-refractivity contribution is -0.122. The second-order valence-electron chi connectivity index (χ2n) is 5.11. The fraction of sp³-hybridized carbons (Fsp3) is 0.533. The van der Waals surface area contributed by atoms with Crippen LogP contribution < -0.4 is 9.62 Å². The number of anilines is 1.